The van der Waals surface area contributed by atoms with Crippen molar-refractivity contribution >= 4 is 18.3 Å². The van der Waals surface area contributed by atoms with Gasteiger partial charge in [-0.25, -0.2) is 0 Å². The molecule has 1 saturated heterocycles. The predicted octanol–water partition coefficient (Wildman–Crippen LogP) is 2.84. The Bertz CT molecular complexity index is 505. The number of rotatable bonds is 7. The average molecular weight is 343 g/mol. The van der Waals surface area contributed by atoms with Crippen LogP contribution >= 0.6 is 12.4 Å². The summed E-state index contributed by atoms with van der Waals surface area (Å²) >= 11 is 0. The first-order valence-corrected chi connectivity index (χ1v) is 8.09. The summed E-state index contributed by atoms with van der Waals surface area (Å²) in [4.78, 5) is 12.2. The van der Waals surface area contributed by atoms with E-state index in [0.29, 0.717) is 13.2 Å². The van der Waals surface area contributed by atoms with Gasteiger partial charge in [0.05, 0.1) is 25.3 Å². The van der Waals surface area contributed by atoms with Gasteiger partial charge in [0.1, 0.15) is 0 Å². The van der Waals surface area contributed by atoms with Gasteiger partial charge in [-0.1, -0.05) is 6.07 Å². The molecule has 1 aliphatic rings. The molecule has 0 saturated carbocycles. The molecular formula is C17H27ClN2O3. The SMILES string of the molecule is CCOc1ccc(C(C)NC(=O)C2CCCN2)cc1OCC.Cl. The molecule has 1 aliphatic heterocycles. The van der Waals surface area contributed by atoms with Gasteiger partial charge in [0.15, 0.2) is 11.5 Å². The molecule has 1 aromatic rings. The van der Waals surface area contributed by atoms with Gasteiger partial charge in [0.25, 0.3) is 0 Å². The van der Waals surface area contributed by atoms with E-state index >= 15 is 0 Å². The number of ether oxygens (including phenoxy) is 2. The lowest BCUT2D eigenvalue weighted by atomic mass is 10.1. The lowest BCUT2D eigenvalue weighted by Crippen LogP contribution is -2.41. The lowest BCUT2D eigenvalue weighted by Gasteiger charge is -2.19. The van der Waals surface area contributed by atoms with E-state index in [1.165, 1.54) is 0 Å². The minimum absolute atomic E-state index is 0. The number of benzene rings is 1. The Hall–Kier alpha value is -1.46. The highest BCUT2D eigenvalue weighted by Gasteiger charge is 2.23. The predicted molar refractivity (Wildman–Crippen MR) is 93.6 cm³/mol. The zero-order valence-corrected chi connectivity index (χ0v) is 14.9. The summed E-state index contributed by atoms with van der Waals surface area (Å²) in [6.45, 7) is 7.97. The third-order valence-electron chi connectivity index (χ3n) is 3.80. The number of halogens is 1. The molecule has 1 aromatic carbocycles. The van der Waals surface area contributed by atoms with Crippen molar-refractivity contribution in [3.63, 3.8) is 0 Å². The molecule has 0 aliphatic carbocycles. The zero-order valence-electron chi connectivity index (χ0n) is 14.1. The molecule has 1 fully saturated rings. The Morgan fingerprint density at radius 2 is 2.00 bits per heavy atom. The van der Waals surface area contributed by atoms with Crippen molar-refractivity contribution in [2.45, 2.75) is 45.7 Å². The van der Waals surface area contributed by atoms with E-state index in [9.17, 15) is 4.79 Å². The van der Waals surface area contributed by atoms with Gasteiger partial charge < -0.3 is 20.1 Å². The highest BCUT2D eigenvalue weighted by atomic mass is 35.5. The van der Waals surface area contributed by atoms with Crippen LogP contribution in [-0.4, -0.2) is 31.7 Å². The van der Waals surface area contributed by atoms with E-state index in [2.05, 4.69) is 10.6 Å². The van der Waals surface area contributed by atoms with E-state index in [1.54, 1.807) is 0 Å². The minimum Gasteiger partial charge on any atom is -0.490 e. The van der Waals surface area contributed by atoms with Crippen LogP contribution in [-0.2, 0) is 4.79 Å². The molecule has 2 N–H and O–H groups in total. The van der Waals surface area contributed by atoms with Gasteiger partial charge >= 0.3 is 0 Å². The zero-order chi connectivity index (χ0) is 15.9. The van der Waals surface area contributed by atoms with Crippen LogP contribution in [0.5, 0.6) is 11.5 Å². The Labute approximate surface area is 144 Å². The Morgan fingerprint density at radius 3 is 2.61 bits per heavy atom. The maximum absolute atomic E-state index is 12.2. The minimum atomic E-state index is -0.0650. The molecule has 1 heterocycles. The molecule has 1 amide bonds. The van der Waals surface area contributed by atoms with Crippen LogP contribution in [0.3, 0.4) is 0 Å². The van der Waals surface area contributed by atoms with E-state index < -0.39 is 0 Å². The molecule has 2 atom stereocenters. The summed E-state index contributed by atoms with van der Waals surface area (Å²) in [6, 6.07) is 5.70. The third-order valence-corrected chi connectivity index (χ3v) is 3.80. The maximum atomic E-state index is 12.2. The average Bonchev–Trinajstić information content (AvgIpc) is 3.04. The van der Waals surface area contributed by atoms with Crippen molar-refractivity contribution in [3.8, 4) is 11.5 Å². The maximum Gasteiger partial charge on any atom is 0.237 e. The Kier molecular flexibility index (Phi) is 8.20. The number of amides is 1. The highest BCUT2D eigenvalue weighted by molar-refractivity contribution is 5.85. The number of carbonyl (C=O) groups excluding carboxylic acids is 1. The fourth-order valence-electron chi connectivity index (χ4n) is 2.64. The fourth-order valence-corrected chi connectivity index (χ4v) is 2.64. The number of hydrogen-bond donors (Lipinski definition) is 2. The second-order valence-electron chi connectivity index (χ2n) is 5.45. The molecule has 23 heavy (non-hydrogen) atoms. The van der Waals surface area contributed by atoms with Crippen LogP contribution in [0.1, 0.15) is 45.2 Å². The highest BCUT2D eigenvalue weighted by Crippen LogP contribution is 2.30. The van der Waals surface area contributed by atoms with Crippen molar-refractivity contribution in [1.82, 2.24) is 10.6 Å². The molecule has 130 valence electrons. The van der Waals surface area contributed by atoms with Crippen LogP contribution in [0.15, 0.2) is 18.2 Å². The first kappa shape index (κ1) is 19.6. The normalized spacial score (nSPS) is 18.0. The van der Waals surface area contributed by atoms with Crippen molar-refractivity contribution in [2.75, 3.05) is 19.8 Å². The van der Waals surface area contributed by atoms with Crippen LogP contribution in [0.2, 0.25) is 0 Å². The van der Waals surface area contributed by atoms with Gasteiger partial charge in [-0.2, -0.15) is 0 Å². The molecule has 2 unspecified atom stereocenters. The van der Waals surface area contributed by atoms with Gasteiger partial charge in [0, 0.05) is 0 Å². The molecule has 0 aromatic heterocycles. The molecule has 2 rings (SSSR count). The smallest absolute Gasteiger partial charge is 0.237 e. The first-order chi connectivity index (χ1) is 10.7. The second kappa shape index (κ2) is 9.63. The summed E-state index contributed by atoms with van der Waals surface area (Å²) in [6.07, 6.45) is 1.97. The Morgan fingerprint density at radius 1 is 1.30 bits per heavy atom. The third kappa shape index (κ3) is 5.29. The standard InChI is InChI=1S/C17H26N2O3.ClH/c1-4-21-15-9-8-13(11-16(15)22-5-2)12(3)19-17(20)14-7-6-10-18-14;/h8-9,11-12,14,18H,4-7,10H2,1-3H3,(H,19,20);1H. The van der Waals surface area contributed by atoms with E-state index in [0.717, 1.165) is 36.4 Å². The summed E-state index contributed by atoms with van der Waals surface area (Å²) in [5.41, 5.74) is 1.01. The van der Waals surface area contributed by atoms with E-state index in [4.69, 9.17) is 9.47 Å². The van der Waals surface area contributed by atoms with Crippen molar-refractivity contribution in [3.05, 3.63) is 23.8 Å². The Balaban J connectivity index is 0.00000264. The van der Waals surface area contributed by atoms with Crippen LogP contribution in [0, 0.1) is 0 Å². The summed E-state index contributed by atoms with van der Waals surface area (Å²) in [5, 5.41) is 6.28. The lowest BCUT2D eigenvalue weighted by molar-refractivity contribution is -0.123. The quantitative estimate of drug-likeness (QED) is 0.800. The topological polar surface area (TPSA) is 59.6 Å². The van der Waals surface area contributed by atoms with E-state index in [-0.39, 0.29) is 30.4 Å². The number of carbonyl (C=O) groups is 1. The van der Waals surface area contributed by atoms with Crippen LogP contribution in [0.4, 0.5) is 0 Å². The summed E-state index contributed by atoms with van der Waals surface area (Å²) in [7, 11) is 0. The summed E-state index contributed by atoms with van der Waals surface area (Å²) < 4.78 is 11.2. The second-order valence-corrected chi connectivity index (χ2v) is 5.45. The monoisotopic (exact) mass is 342 g/mol. The number of nitrogens with one attached hydrogen (secondary N) is 2. The molecule has 0 radical (unpaired) electrons. The summed E-state index contributed by atoms with van der Waals surface area (Å²) in [5.74, 6) is 1.53. The van der Waals surface area contributed by atoms with Crippen molar-refractivity contribution in [2.24, 2.45) is 0 Å². The van der Waals surface area contributed by atoms with Crippen LogP contribution < -0.4 is 20.1 Å². The molecule has 5 nitrogen and oxygen atoms in total. The molecular weight excluding hydrogens is 316 g/mol. The van der Waals surface area contributed by atoms with Gasteiger partial charge in [-0.05, 0) is 57.9 Å². The van der Waals surface area contributed by atoms with Crippen molar-refractivity contribution in [1.29, 1.82) is 0 Å². The van der Waals surface area contributed by atoms with Gasteiger partial charge in [0.2, 0.25) is 5.91 Å². The molecule has 0 spiro atoms. The largest absolute Gasteiger partial charge is 0.490 e. The van der Waals surface area contributed by atoms with Crippen molar-refractivity contribution < 1.29 is 14.3 Å². The van der Waals surface area contributed by atoms with E-state index in [1.807, 2.05) is 39.0 Å². The van der Waals surface area contributed by atoms with Gasteiger partial charge in [-0.15, -0.1) is 12.4 Å². The fraction of sp³-hybridized carbons (Fsp3) is 0.588. The van der Waals surface area contributed by atoms with Crippen LogP contribution in [0.25, 0.3) is 0 Å². The molecule has 6 heteroatoms. The number of hydrogen-bond acceptors (Lipinski definition) is 4. The van der Waals surface area contributed by atoms with Gasteiger partial charge in [-0.3, -0.25) is 4.79 Å². The first-order valence-electron chi connectivity index (χ1n) is 8.09. The molecule has 0 bridgehead atoms.